The Bertz CT molecular complexity index is 219. The molecule has 0 aliphatic heterocycles. The van der Waals surface area contributed by atoms with Crippen molar-refractivity contribution in [3.63, 3.8) is 0 Å². The zero-order chi connectivity index (χ0) is 11.4. The molecule has 15 heavy (non-hydrogen) atoms. The Balaban J connectivity index is -0.000000845. The van der Waals surface area contributed by atoms with Crippen LogP contribution >= 0.6 is 0 Å². The van der Waals surface area contributed by atoms with Gasteiger partial charge < -0.3 is 11.6 Å². The van der Waals surface area contributed by atoms with E-state index in [2.05, 4.69) is 0 Å². The zero-order valence-electron chi connectivity index (χ0n) is 10.9. The normalized spacial score (nSPS) is 12.7. The number of carboxylic acid groups (broad SMARTS) is 2. The van der Waals surface area contributed by atoms with Crippen molar-refractivity contribution >= 4 is 11.9 Å². The van der Waals surface area contributed by atoms with Crippen LogP contribution in [0, 0.1) is 11.3 Å². The summed E-state index contributed by atoms with van der Waals surface area (Å²) in [6, 6.07) is 0. The molecule has 1 atom stereocenters. The van der Waals surface area contributed by atoms with Crippen molar-refractivity contribution in [3.05, 3.63) is 0 Å². The fourth-order valence-corrected chi connectivity index (χ4v) is 1.31. The first kappa shape index (κ1) is 17.3. The maximum Gasteiger partial charge on any atom is 1.00 e. The van der Waals surface area contributed by atoms with Gasteiger partial charge in [0, 0.05) is 0 Å². The van der Waals surface area contributed by atoms with E-state index < -0.39 is 17.4 Å². The molecule has 0 rings (SSSR count). The number of hydrogen-bond acceptors (Lipinski definition) is 2. The summed E-state index contributed by atoms with van der Waals surface area (Å²) in [5.74, 6) is -2.86. The second-order valence-electron chi connectivity index (χ2n) is 3.86. The Morgan fingerprint density at radius 3 is 2.00 bits per heavy atom. The van der Waals surface area contributed by atoms with Crippen LogP contribution in [0.3, 0.4) is 0 Å². The van der Waals surface area contributed by atoms with Crippen LogP contribution in [0.1, 0.15) is 41.5 Å². The number of unbranched alkanes of at least 4 members (excludes halogenated alkanes) is 1. The number of carbonyl (C=O) groups is 2. The van der Waals surface area contributed by atoms with Crippen molar-refractivity contribution in [3.8, 4) is 0 Å². The maximum absolute atomic E-state index is 10.9. The molecule has 0 bridgehead atoms. The van der Waals surface area contributed by atoms with Crippen molar-refractivity contribution < 1.29 is 50.8 Å². The predicted molar refractivity (Wildman–Crippen MR) is 53.2 cm³/mol. The third kappa shape index (κ3) is 4.13. The molecule has 0 amide bonds. The Kier molecular flexibility index (Phi) is 8.38. The van der Waals surface area contributed by atoms with Crippen LogP contribution in [-0.4, -0.2) is 22.2 Å². The van der Waals surface area contributed by atoms with Gasteiger partial charge in [-0.15, -0.1) is 0 Å². The van der Waals surface area contributed by atoms with Gasteiger partial charge in [0.15, 0.2) is 5.41 Å². The molecule has 0 aliphatic rings. The number of carboxylic acids is 2. The van der Waals surface area contributed by atoms with Gasteiger partial charge in [0.05, 0.1) is 0 Å². The second-order valence-corrected chi connectivity index (χ2v) is 3.86. The van der Waals surface area contributed by atoms with Gasteiger partial charge in [0.1, 0.15) is 0 Å². The minimum Gasteiger partial charge on any atom is -1.00 e. The first-order valence-corrected chi connectivity index (χ1v) is 4.84. The number of hydrogen-bond donors (Lipinski definition) is 2. The molecular formula is C10H19NaO4. The molecule has 0 aromatic heterocycles. The van der Waals surface area contributed by atoms with E-state index in [1.807, 2.05) is 6.92 Å². The van der Waals surface area contributed by atoms with Crippen molar-refractivity contribution in [2.24, 2.45) is 11.3 Å². The molecule has 0 aromatic carbocycles. The van der Waals surface area contributed by atoms with Crippen molar-refractivity contribution in [2.75, 3.05) is 0 Å². The Morgan fingerprint density at radius 1 is 1.33 bits per heavy atom. The molecular weight excluding hydrogens is 207 g/mol. The van der Waals surface area contributed by atoms with Gasteiger partial charge in [-0.25, -0.2) is 0 Å². The monoisotopic (exact) mass is 226 g/mol. The summed E-state index contributed by atoms with van der Waals surface area (Å²) in [6.45, 7) is 4.95. The van der Waals surface area contributed by atoms with Gasteiger partial charge in [-0.05, 0) is 19.3 Å². The molecule has 0 heterocycles. The minimum atomic E-state index is -1.66. The molecule has 0 aliphatic carbocycles. The minimum absolute atomic E-state index is 0. The van der Waals surface area contributed by atoms with Crippen molar-refractivity contribution in [1.29, 1.82) is 0 Å². The molecule has 4 nitrogen and oxygen atoms in total. The molecule has 0 aromatic rings. The van der Waals surface area contributed by atoms with Crippen LogP contribution in [0.2, 0.25) is 0 Å². The van der Waals surface area contributed by atoms with Crippen molar-refractivity contribution in [1.82, 2.24) is 0 Å². The number of rotatable bonds is 6. The summed E-state index contributed by atoms with van der Waals surface area (Å²) in [6.07, 6.45) is 2.43. The molecule has 0 spiro atoms. The van der Waals surface area contributed by atoms with Gasteiger partial charge in [-0.1, -0.05) is 26.7 Å². The molecule has 1 unspecified atom stereocenters. The molecule has 84 valence electrons. The summed E-state index contributed by atoms with van der Waals surface area (Å²) in [4.78, 5) is 21.8. The fourth-order valence-electron chi connectivity index (χ4n) is 1.31. The van der Waals surface area contributed by atoms with Gasteiger partial charge in [0.25, 0.3) is 0 Å². The summed E-state index contributed by atoms with van der Waals surface area (Å²) >= 11 is 0. The summed E-state index contributed by atoms with van der Waals surface area (Å²) < 4.78 is 0. The van der Waals surface area contributed by atoms with Gasteiger partial charge in [0.2, 0.25) is 0 Å². The standard InChI is InChI=1S/C10H18O4.Na.H/c1-4-5-6-7(2)10(3,8(11)12)9(13)14;;/h7H,4-6H2,1-3H3,(H,11,12)(H,13,14);;/q;+1;-1. The Morgan fingerprint density at radius 2 is 1.73 bits per heavy atom. The van der Waals surface area contributed by atoms with E-state index >= 15 is 0 Å². The van der Waals surface area contributed by atoms with E-state index in [4.69, 9.17) is 10.2 Å². The molecule has 5 heteroatoms. The predicted octanol–water partition coefficient (Wildman–Crippen LogP) is -0.895. The fraction of sp³-hybridized carbons (Fsp3) is 0.800. The Hall–Kier alpha value is -0.0600. The van der Waals surface area contributed by atoms with Crippen LogP contribution in [0.5, 0.6) is 0 Å². The smallest absolute Gasteiger partial charge is 1.00 e. The average Bonchev–Trinajstić information content (AvgIpc) is 2.11. The van der Waals surface area contributed by atoms with Crippen LogP contribution < -0.4 is 29.6 Å². The summed E-state index contributed by atoms with van der Waals surface area (Å²) in [5.41, 5.74) is -1.66. The third-order valence-electron chi connectivity index (χ3n) is 2.86. The molecule has 2 N–H and O–H groups in total. The van der Waals surface area contributed by atoms with E-state index in [1.165, 1.54) is 6.92 Å². The molecule has 0 saturated carbocycles. The van der Waals surface area contributed by atoms with Crippen molar-refractivity contribution in [2.45, 2.75) is 40.0 Å². The molecule has 0 fully saturated rings. The van der Waals surface area contributed by atoms with E-state index in [9.17, 15) is 9.59 Å². The molecule has 0 radical (unpaired) electrons. The second kappa shape index (κ2) is 7.25. The number of aliphatic carboxylic acids is 2. The van der Waals surface area contributed by atoms with Crippen LogP contribution in [0.25, 0.3) is 0 Å². The third-order valence-corrected chi connectivity index (χ3v) is 2.86. The van der Waals surface area contributed by atoms with E-state index in [-0.39, 0.29) is 36.9 Å². The molecule has 0 saturated heterocycles. The van der Waals surface area contributed by atoms with Crippen LogP contribution in [0.4, 0.5) is 0 Å². The SMILES string of the molecule is CCCCC(C)C(C)(C(=O)O)C(=O)O.[H-].[Na+]. The first-order valence-electron chi connectivity index (χ1n) is 4.84. The van der Waals surface area contributed by atoms with E-state index in [0.29, 0.717) is 6.42 Å². The summed E-state index contributed by atoms with van der Waals surface area (Å²) in [7, 11) is 0. The topological polar surface area (TPSA) is 74.6 Å². The van der Waals surface area contributed by atoms with Gasteiger partial charge in [-0.3, -0.25) is 9.59 Å². The van der Waals surface area contributed by atoms with Gasteiger partial charge >= 0.3 is 41.5 Å². The quantitative estimate of drug-likeness (QED) is 0.455. The largest absolute Gasteiger partial charge is 1.00 e. The van der Waals surface area contributed by atoms with E-state index in [1.54, 1.807) is 6.92 Å². The summed E-state index contributed by atoms with van der Waals surface area (Å²) in [5, 5.41) is 17.8. The maximum atomic E-state index is 10.9. The zero-order valence-corrected chi connectivity index (χ0v) is 11.9. The van der Waals surface area contributed by atoms with Crippen LogP contribution in [-0.2, 0) is 9.59 Å². The van der Waals surface area contributed by atoms with Crippen LogP contribution in [0.15, 0.2) is 0 Å². The first-order chi connectivity index (χ1) is 6.37. The Labute approximate surface area is 114 Å². The van der Waals surface area contributed by atoms with Gasteiger partial charge in [-0.2, -0.15) is 0 Å². The van der Waals surface area contributed by atoms with E-state index in [0.717, 1.165) is 12.8 Å². The average molecular weight is 226 g/mol.